The molecule has 0 radical (unpaired) electrons. The molecule has 0 atom stereocenters. The van der Waals surface area contributed by atoms with Crippen LogP contribution in [0.4, 0.5) is 0 Å². The van der Waals surface area contributed by atoms with Crippen LogP contribution in [0.3, 0.4) is 0 Å². The molecule has 5 nitrogen and oxygen atoms in total. The van der Waals surface area contributed by atoms with Gasteiger partial charge in [0.05, 0.1) is 7.11 Å². The standard InChI is InChI=1S/C5H8N2O3S/c1-10-11(8,9)4-5-6-2-3-7-5/h2-3H,4H2,1H3,(H,6,7). The topological polar surface area (TPSA) is 72.1 Å². The molecule has 0 bridgehead atoms. The minimum absolute atomic E-state index is 0.212. The maximum atomic E-state index is 10.8. The van der Waals surface area contributed by atoms with Crippen LogP contribution in [0.15, 0.2) is 12.4 Å². The fourth-order valence-electron chi connectivity index (χ4n) is 0.603. The van der Waals surface area contributed by atoms with Gasteiger partial charge in [0.15, 0.2) is 0 Å². The van der Waals surface area contributed by atoms with E-state index in [-0.39, 0.29) is 5.75 Å². The van der Waals surface area contributed by atoms with Gasteiger partial charge >= 0.3 is 0 Å². The van der Waals surface area contributed by atoms with Crippen molar-refractivity contribution >= 4 is 10.1 Å². The highest BCUT2D eigenvalue weighted by molar-refractivity contribution is 7.85. The van der Waals surface area contributed by atoms with Crippen molar-refractivity contribution in [2.45, 2.75) is 5.75 Å². The third-order valence-electron chi connectivity index (χ3n) is 1.12. The van der Waals surface area contributed by atoms with Crippen LogP contribution in [0.2, 0.25) is 0 Å². The molecule has 0 aliphatic rings. The zero-order valence-electron chi connectivity index (χ0n) is 5.94. The molecule has 1 aromatic heterocycles. The molecule has 0 saturated carbocycles. The van der Waals surface area contributed by atoms with E-state index in [1.165, 1.54) is 6.20 Å². The average molecular weight is 176 g/mol. The Hall–Kier alpha value is -0.880. The summed E-state index contributed by atoms with van der Waals surface area (Å²) in [6.45, 7) is 0. The third kappa shape index (κ3) is 2.32. The summed E-state index contributed by atoms with van der Waals surface area (Å²) < 4.78 is 25.8. The Morgan fingerprint density at radius 2 is 2.45 bits per heavy atom. The van der Waals surface area contributed by atoms with Gasteiger partial charge in [0, 0.05) is 12.4 Å². The van der Waals surface area contributed by atoms with Crippen LogP contribution >= 0.6 is 0 Å². The molecule has 0 aromatic carbocycles. The van der Waals surface area contributed by atoms with E-state index >= 15 is 0 Å². The Morgan fingerprint density at radius 3 is 2.91 bits per heavy atom. The first-order chi connectivity index (χ1) is 5.14. The van der Waals surface area contributed by atoms with Crippen molar-refractivity contribution in [1.82, 2.24) is 9.97 Å². The largest absolute Gasteiger partial charge is 0.348 e. The van der Waals surface area contributed by atoms with Gasteiger partial charge in [0.25, 0.3) is 10.1 Å². The number of aromatic nitrogens is 2. The quantitative estimate of drug-likeness (QED) is 0.652. The van der Waals surface area contributed by atoms with Crippen molar-refractivity contribution in [2.75, 3.05) is 7.11 Å². The smallest absolute Gasteiger partial charge is 0.274 e. The Balaban J connectivity index is 2.72. The van der Waals surface area contributed by atoms with Crippen molar-refractivity contribution in [3.63, 3.8) is 0 Å². The molecule has 1 heterocycles. The summed E-state index contributed by atoms with van der Waals surface area (Å²) in [4.78, 5) is 6.39. The van der Waals surface area contributed by atoms with E-state index in [0.717, 1.165) is 7.11 Å². The predicted molar refractivity (Wildman–Crippen MR) is 38.2 cm³/mol. The summed E-state index contributed by atoms with van der Waals surface area (Å²) in [5.74, 6) is 0.170. The maximum Gasteiger partial charge on any atom is 0.274 e. The highest BCUT2D eigenvalue weighted by atomic mass is 32.2. The van der Waals surface area contributed by atoms with Gasteiger partial charge in [-0.15, -0.1) is 0 Å². The van der Waals surface area contributed by atoms with Gasteiger partial charge in [-0.2, -0.15) is 8.42 Å². The Labute approximate surface area is 64.5 Å². The first-order valence-corrected chi connectivity index (χ1v) is 4.48. The van der Waals surface area contributed by atoms with E-state index in [2.05, 4.69) is 14.2 Å². The maximum absolute atomic E-state index is 10.8. The molecule has 1 rings (SSSR count). The number of hydrogen-bond donors (Lipinski definition) is 1. The van der Waals surface area contributed by atoms with Crippen LogP contribution in [0, 0.1) is 0 Å². The summed E-state index contributed by atoms with van der Waals surface area (Å²) in [6.07, 6.45) is 3.04. The van der Waals surface area contributed by atoms with Gasteiger partial charge < -0.3 is 4.98 Å². The van der Waals surface area contributed by atoms with Gasteiger partial charge in [-0.05, 0) is 0 Å². The van der Waals surface area contributed by atoms with Crippen LogP contribution in [-0.2, 0) is 20.1 Å². The lowest BCUT2D eigenvalue weighted by Crippen LogP contribution is -2.06. The summed E-state index contributed by atoms with van der Waals surface area (Å²) in [5, 5.41) is 0. The molecule has 0 spiro atoms. The van der Waals surface area contributed by atoms with Crippen LogP contribution in [0.25, 0.3) is 0 Å². The second kappa shape index (κ2) is 3.02. The molecule has 0 unspecified atom stereocenters. The molecular weight excluding hydrogens is 168 g/mol. The van der Waals surface area contributed by atoms with Gasteiger partial charge in [-0.25, -0.2) is 4.98 Å². The average Bonchev–Trinajstić information content (AvgIpc) is 2.39. The van der Waals surface area contributed by atoms with Gasteiger partial charge in [-0.3, -0.25) is 4.18 Å². The number of aromatic amines is 1. The second-order valence-electron chi connectivity index (χ2n) is 1.90. The normalized spacial score (nSPS) is 11.7. The lowest BCUT2D eigenvalue weighted by atomic mass is 10.7. The fourth-order valence-corrected chi connectivity index (χ4v) is 1.21. The number of nitrogens with one attached hydrogen (secondary N) is 1. The summed E-state index contributed by atoms with van der Waals surface area (Å²) in [6, 6.07) is 0. The van der Waals surface area contributed by atoms with Crippen molar-refractivity contribution in [3.05, 3.63) is 18.2 Å². The highest BCUT2D eigenvalue weighted by Crippen LogP contribution is 1.99. The van der Waals surface area contributed by atoms with E-state index in [9.17, 15) is 8.42 Å². The molecule has 1 N–H and O–H groups in total. The zero-order chi connectivity index (χ0) is 8.32. The lowest BCUT2D eigenvalue weighted by molar-refractivity contribution is 0.396. The Morgan fingerprint density at radius 1 is 1.73 bits per heavy atom. The van der Waals surface area contributed by atoms with E-state index in [4.69, 9.17) is 0 Å². The molecule has 0 aliphatic carbocycles. The molecule has 0 amide bonds. The number of nitrogens with zero attached hydrogens (tertiary/aromatic N) is 1. The van der Waals surface area contributed by atoms with Crippen molar-refractivity contribution in [1.29, 1.82) is 0 Å². The zero-order valence-corrected chi connectivity index (χ0v) is 6.76. The monoisotopic (exact) mass is 176 g/mol. The third-order valence-corrected chi connectivity index (χ3v) is 2.26. The first kappa shape index (κ1) is 8.22. The Kier molecular flexibility index (Phi) is 2.25. The van der Waals surface area contributed by atoms with Crippen molar-refractivity contribution < 1.29 is 12.6 Å². The molecule has 11 heavy (non-hydrogen) atoms. The number of rotatable bonds is 3. The van der Waals surface area contributed by atoms with Crippen LogP contribution in [0.5, 0.6) is 0 Å². The van der Waals surface area contributed by atoms with Gasteiger partial charge in [0.1, 0.15) is 11.6 Å². The van der Waals surface area contributed by atoms with Crippen molar-refractivity contribution in [3.8, 4) is 0 Å². The number of imidazole rings is 1. The SMILES string of the molecule is COS(=O)(=O)Cc1ncc[nH]1. The molecule has 6 heteroatoms. The molecule has 1 aromatic rings. The van der Waals surface area contributed by atoms with Gasteiger partial charge in [-0.1, -0.05) is 0 Å². The summed E-state index contributed by atoms with van der Waals surface area (Å²) >= 11 is 0. The van der Waals surface area contributed by atoms with Crippen LogP contribution in [-0.4, -0.2) is 25.5 Å². The molecule has 62 valence electrons. The van der Waals surface area contributed by atoms with Crippen LogP contribution in [0.1, 0.15) is 5.82 Å². The molecule has 0 aliphatic heterocycles. The van der Waals surface area contributed by atoms with E-state index in [1.54, 1.807) is 6.20 Å². The second-order valence-corrected chi connectivity index (χ2v) is 3.64. The first-order valence-electron chi connectivity index (χ1n) is 2.90. The molecule has 0 fully saturated rings. The van der Waals surface area contributed by atoms with E-state index < -0.39 is 10.1 Å². The van der Waals surface area contributed by atoms with Crippen LogP contribution < -0.4 is 0 Å². The minimum atomic E-state index is -3.44. The number of H-pyrrole nitrogens is 1. The summed E-state index contributed by atoms with van der Waals surface area (Å²) in [5.41, 5.74) is 0. The van der Waals surface area contributed by atoms with Crippen molar-refractivity contribution in [2.24, 2.45) is 0 Å². The number of hydrogen-bond acceptors (Lipinski definition) is 4. The molecule has 0 saturated heterocycles. The lowest BCUT2D eigenvalue weighted by Gasteiger charge is -1.96. The minimum Gasteiger partial charge on any atom is -0.348 e. The predicted octanol–water partition coefficient (Wildman–Crippen LogP) is -0.114. The summed E-state index contributed by atoms with van der Waals surface area (Å²) in [7, 11) is -2.31. The van der Waals surface area contributed by atoms with E-state index in [0.29, 0.717) is 5.82 Å². The highest BCUT2D eigenvalue weighted by Gasteiger charge is 2.10. The Bertz CT molecular complexity index is 302. The fraction of sp³-hybridized carbons (Fsp3) is 0.400. The van der Waals surface area contributed by atoms with Gasteiger partial charge in [0.2, 0.25) is 0 Å². The molecular formula is C5H8N2O3S. The van der Waals surface area contributed by atoms with E-state index in [1.807, 2.05) is 0 Å².